The van der Waals surface area contributed by atoms with Gasteiger partial charge in [-0.25, -0.2) is 4.79 Å². The van der Waals surface area contributed by atoms with Gasteiger partial charge in [-0.2, -0.15) is 0 Å². The quantitative estimate of drug-likeness (QED) is 0.204. The second kappa shape index (κ2) is 10.3. The van der Waals surface area contributed by atoms with Gasteiger partial charge in [0.1, 0.15) is 12.1 Å². The van der Waals surface area contributed by atoms with E-state index < -0.39 is 66.4 Å². The Morgan fingerprint density at radius 1 is 0.885 bits per heavy atom. The predicted octanol–water partition coefficient (Wildman–Crippen LogP) is -3.25. The van der Waals surface area contributed by atoms with E-state index in [-0.39, 0.29) is 0 Å². The molecule has 0 aromatic heterocycles. The summed E-state index contributed by atoms with van der Waals surface area (Å²) in [6, 6.07) is -5.31. The van der Waals surface area contributed by atoms with E-state index in [1.165, 1.54) is 13.8 Å². The van der Waals surface area contributed by atoms with Gasteiger partial charge in [0.25, 0.3) is 0 Å². The SMILES string of the molecule is CC(N)C(=O)NC(C)C(=O)NC(CC(=O)O)C(=O)NC(C(=O)O)C(C)O. The average molecular weight is 376 g/mol. The molecule has 5 atom stereocenters. The molecule has 0 saturated carbocycles. The maximum Gasteiger partial charge on any atom is 0.328 e. The number of hydrogen-bond acceptors (Lipinski definition) is 7. The molecule has 12 nitrogen and oxygen atoms in total. The Bertz CT molecular complexity index is 563. The van der Waals surface area contributed by atoms with Crippen molar-refractivity contribution in [2.45, 2.75) is 57.5 Å². The van der Waals surface area contributed by atoms with Crippen LogP contribution in [0.5, 0.6) is 0 Å². The number of rotatable bonds is 10. The van der Waals surface area contributed by atoms with Crippen LogP contribution in [0.4, 0.5) is 0 Å². The number of carbonyl (C=O) groups is 5. The Morgan fingerprint density at radius 2 is 1.42 bits per heavy atom. The summed E-state index contributed by atoms with van der Waals surface area (Å²) in [5.74, 6) is -5.58. The third-order valence-electron chi connectivity index (χ3n) is 3.22. The molecule has 0 bridgehead atoms. The molecule has 0 aromatic carbocycles. The molecule has 0 aromatic rings. The smallest absolute Gasteiger partial charge is 0.328 e. The first-order valence-electron chi connectivity index (χ1n) is 7.66. The molecular formula is C14H24N4O8. The van der Waals surface area contributed by atoms with E-state index in [2.05, 4.69) is 10.6 Å². The lowest BCUT2D eigenvalue weighted by Crippen LogP contribution is -2.58. The molecule has 8 N–H and O–H groups in total. The highest BCUT2D eigenvalue weighted by atomic mass is 16.4. The lowest BCUT2D eigenvalue weighted by molar-refractivity contribution is -0.146. The van der Waals surface area contributed by atoms with Gasteiger partial charge in [-0.15, -0.1) is 0 Å². The largest absolute Gasteiger partial charge is 0.481 e. The molecule has 26 heavy (non-hydrogen) atoms. The fraction of sp³-hybridized carbons (Fsp3) is 0.643. The molecule has 148 valence electrons. The zero-order chi connectivity index (χ0) is 20.6. The van der Waals surface area contributed by atoms with Crippen molar-refractivity contribution in [1.82, 2.24) is 16.0 Å². The zero-order valence-corrected chi connectivity index (χ0v) is 14.6. The molecule has 0 spiro atoms. The number of aliphatic carboxylic acids is 2. The zero-order valence-electron chi connectivity index (χ0n) is 14.6. The van der Waals surface area contributed by atoms with E-state index in [1.54, 1.807) is 0 Å². The van der Waals surface area contributed by atoms with Crippen LogP contribution in [0.2, 0.25) is 0 Å². The minimum Gasteiger partial charge on any atom is -0.481 e. The van der Waals surface area contributed by atoms with Crippen molar-refractivity contribution >= 4 is 29.7 Å². The first-order valence-corrected chi connectivity index (χ1v) is 7.66. The molecule has 0 aliphatic rings. The number of nitrogens with two attached hydrogens (primary N) is 1. The Hall–Kier alpha value is -2.73. The summed E-state index contributed by atoms with van der Waals surface area (Å²) >= 11 is 0. The lowest BCUT2D eigenvalue weighted by atomic mass is 10.1. The van der Waals surface area contributed by atoms with Crippen LogP contribution >= 0.6 is 0 Å². The average Bonchev–Trinajstić information content (AvgIpc) is 2.49. The van der Waals surface area contributed by atoms with Gasteiger partial charge in [-0.05, 0) is 20.8 Å². The summed E-state index contributed by atoms with van der Waals surface area (Å²) in [6.45, 7) is 3.80. The molecular weight excluding hydrogens is 352 g/mol. The molecule has 0 saturated heterocycles. The number of aliphatic hydroxyl groups excluding tert-OH is 1. The maximum atomic E-state index is 12.1. The van der Waals surface area contributed by atoms with Crippen LogP contribution in [-0.2, 0) is 24.0 Å². The van der Waals surface area contributed by atoms with Crippen LogP contribution < -0.4 is 21.7 Å². The predicted molar refractivity (Wildman–Crippen MR) is 86.7 cm³/mol. The summed E-state index contributed by atoms with van der Waals surface area (Å²) in [5, 5.41) is 33.5. The molecule has 0 heterocycles. The van der Waals surface area contributed by atoms with Crippen molar-refractivity contribution < 1.29 is 39.3 Å². The number of carboxylic acids is 2. The van der Waals surface area contributed by atoms with Crippen LogP contribution in [0.15, 0.2) is 0 Å². The minimum atomic E-state index is -1.69. The standard InChI is InChI=1S/C14H24N4O8/c1-5(15)11(22)16-6(2)12(23)17-8(4-9(20)21)13(24)18-10(7(3)19)14(25)26/h5-8,10,19H,4,15H2,1-3H3,(H,16,22)(H,17,23)(H,18,24)(H,20,21)(H,25,26). The fourth-order valence-electron chi connectivity index (χ4n) is 1.73. The minimum absolute atomic E-state index is 0.632. The normalized spacial score (nSPS) is 16.3. The Labute approximate surface area is 149 Å². The monoisotopic (exact) mass is 376 g/mol. The van der Waals surface area contributed by atoms with Gasteiger partial charge in [0.2, 0.25) is 17.7 Å². The van der Waals surface area contributed by atoms with Gasteiger partial charge in [0.15, 0.2) is 6.04 Å². The van der Waals surface area contributed by atoms with E-state index in [9.17, 15) is 29.1 Å². The van der Waals surface area contributed by atoms with Crippen molar-refractivity contribution in [1.29, 1.82) is 0 Å². The van der Waals surface area contributed by atoms with Crippen molar-refractivity contribution in [3.63, 3.8) is 0 Å². The van der Waals surface area contributed by atoms with Crippen LogP contribution in [-0.4, -0.2) is 75.3 Å². The highest BCUT2D eigenvalue weighted by Gasteiger charge is 2.31. The molecule has 0 rings (SSSR count). The van der Waals surface area contributed by atoms with Crippen molar-refractivity contribution in [2.24, 2.45) is 5.73 Å². The number of carboxylic acid groups (broad SMARTS) is 2. The number of aliphatic hydroxyl groups is 1. The number of amides is 3. The molecule has 0 aliphatic carbocycles. The molecule has 0 aliphatic heterocycles. The topological polar surface area (TPSA) is 208 Å². The molecule has 0 fully saturated rings. The van der Waals surface area contributed by atoms with E-state index in [4.69, 9.17) is 15.9 Å². The molecule has 3 amide bonds. The maximum absolute atomic E-state index is 12.1. The van der Waals surface area contributed by atoms with Crippen molar-refractivity contribution in [2.75, 3.05) is 0 Å². The third kappa shape index (κ3) is 7.90. The first kappa shape index (κ1) is 23.3. The molecule has 5 unspecified atom stereocenters. The van der Waals surface area contributed by atoms with Gasteiger partial charge in [0.05, 0.1) is 18.6 Å². The summed E-state index contributed by atoms with van der Waals surface area (Å²) < 4.78 is 0. The van der Waals surface area contributed by atoms with Crippen molar-refractivity contribution in [3.05, 3.63) is 0 Å². The van der Waals surface area contributed by atoms with Gasteiger partial charge in [-0.3, -0.25) is 19.2 Å². The lowest BCUT2D eigenvalue weighted by Gasteiger charge is -2.23. The van der Waals surface area contributed by atoms with Crippen LogP contribution in [0.1, 0.15) is 27.2 Å². The van der Waals surface area contributed by atoms with Gasteiger partial charge >= 0.3 is 11.9 Å². The van der Waals surface area contributed by atoms with Crippen LogP contribution in [0.25, 0.3) is 0 Å². The Kier molecular flexibility index (Phi) is 9.22. The Morgan fingerprint density at radius 3 is 1.81 bits per heavy atom. The second-order valence-electron chi connectivity index (χ2n) is 5.74. The number of hydrogen-bond donors (Lipinski definition) is 7. The van der Waals surface area contributed by atoms with Crippen LogP contribution in [0.3, 0.4) is 0 Å². The molecule has 0 radical (unpaired) electrons. The van der Waals surface area contributed by atoms with Gasteiger partial charge < -0.3 is 37.0 Å². The number of nitrogens with one attached hydrogen (secondary N) is 3. The summed E-state index contributed by atoms with van der Waals surface area (Å²) in [4.78, 5) is 57.5. The summed E-state index contributed by atoms with van der Waals surface area (Å²) in [5.41, 5.74) is 5.35. The Balaban J connectivity index is 5.11. The van der Waals surface area contributed by atoms with E-state index in [1.807, 2.05) is 5.32 Å². The van der Waals surface area contributed by atoms with E-state index >= 15 is 0 Å². The summed E-state index contributed by atoms with van der Waals surface area (Å²) in [7, 11) is 0. The van der Waals surface area contributed by atoms with Gasteiger partial charge in [-0.1, -0.05) is 0 Å². The highest BCUT2D eigenvalue weighted by molar-refractivity contribution is 5.95. The van der Waals surface area contributed by atoms with E-state index in [0.29, 0.717) is 0 Å². The number of carbonyl (C=O) groups excluding carboxylic acids is 3. The highest BCUT2D eigenvalue weighted by Crippen LogP contribution is 1.99. The third-order valence-corrected chi connectivity index (χ3v) is 3.22. The summed E-state index contributed by atoms with van der Waals surface area (Å²) in [6.07, 6.45) is -2.29. The second-order valence-corrected chi connectivity index (χ2v) is 5.74. The fourth-order valence-corrected chi connectivity index (χ4v) is 1.73. The van der Waals surface area contributed by atoms with Gasteiger partial charge in [0, 0.05) is 0 Å². The molecule has 12 heteroatoms. The van der Waals surface area contributed by atoms with Crippen molar-refractivity contribution in [3.8, 4) is 0 Å². The first-order chi connectivity index (χ1) is 11.9. The van der Waals surface area contributed by atoms with E-state index in [0.717, 1.165) is 6.92 Å². The van der Waals surface area contributed by atoms with Crippen LogP contribution in [0, 0.1) is 0 Å².